The molecular weight excluding hydrogens is 486 g/mol. The van der Waals surface area contributed by atoms with Crippen LogP contribution in [0.5, 0.6) is 0 Å². The van der Waals surface area contributed by atoms with Crippen LogP contribution in [-0.2, 0) is 0 Å². The van der Waals surface area contributed by atoms with Crippen molar-refractivity contribution in [2.45, 2.75) is 148 Å². The van der Waals surface area contributed by atoms with E-state index in [0.717, 1.165) is 30.8 Å². The molecular formula is C37H79N3. The Balaban J connectivity index is -0.000000258. The summed E-state index contributed by atoms with van der Waals surface area (Å²) in [6.45, 7) is 26.5. The molecule has 0 amide bonds. The monoisotopic (exact) mass is 566 g/mol. The fraction of sp³-hybridized carbons (Fsp3) is 0.838. The third-order valence-electron chi connectivity index (χ3n) is 6.75. The van der Waals surface area contributed by atoms with Crippen LogP contribution in [0.2, 0.25) is 0 Å². The largest absolute Gasteiger partial charge is 0.385 e. The summed E-state index contributed by atoms with van der Waals surface area (Å²) in [5.74, 6) is 2.46. The highest BCUT2D eigenvalue weighted by Gasteiger charge is 2.05. The molecule has 0 bridgehead atoms. The molecule has 0 saturated heterocycles. The maximum absolute atomic E-state index is 3.40. The first-order chi connectivity index (χ1) is 18.2. The van der Waals surface area contributed by atoms with Crippen molar-refractivity contribution in [3.8, 4) is 0 Å². The van der Waals surface area contributed by atoms with Crippen molar-refractivity contribution in [3.63, 3.8) is 0 Å². The Kier molecular flexibility index (Phi) is 39.2. The zero-order valence-electron chi connectivity index (χ0n) is 27.8. The predicted octanol–water partition coefficient (Wildman–Crippen LogP) is 11.5. The van der Waals surface area contributed by atoms with Crippen LogP contribution in [0.1, 0.15) is 146 Å². The molecule has 3 heteroatoms. The van der Waals surface area contributed by atoms with Gasteiger partial charge in [-0.3, -0.25) is 0 Å². The number of rotatable bonds is 20. The summed E-state index contributed by atoms with van der Waals surface area (Å²) in [6.07, 6.45) is 15.0. The third-order valence-corrected chi connectivity index (χ3v) is 6.75. The second-order valence-corrected chi connectivity index (χ2v) is 12.4. The molecule has 0 aliphatic rings. The summed E-state index contributed by atoms with van der Waals surface area (Å²) >= 11 is 0. The second kappa shape index (κ2) is 34.1. The molecule has 0 fully saturated rings. The number of nitrogens with zero attached hydrogens (tertiary/aromatic N) is 1. The highest BCUT2D eigenvalue weighted by atomic mass is 15.1. The summed E-state index contributed by atoms with van der Waals surface area (Å²) in [5, 5.41) is 6.50. The smallest absolute Gasteiger partial charge is 0.0340 e. The van der Waals surface area contributed by atoms with Gasteiger partial charge in [-0.25, -0.2) is 0 Å². The van der Waals surface area contributed by atoms with Crippen LogP contribution in [0.4, 0.5) is 5.69 Å². The zero-order valence-corrected chi connectivity index (χ0v) is 27.8. The molecule has 1 rings (SSSR count). The number of aryl methyl sites for hydroxylation is 1. The van der Waals surface area contributed by atoms with E-state index in [0.29, 0.717) is 0 Å². The lowest BCUT2D eigenvalue weighted by molar-refractivity contribution is 0.246. The van der Waals surface area contributed by atoms with Gasteiger partial charge in [0.2, 0.25) is 0 Å². The summed E-state index contributed by atoms with van der Waals surface area (Å²) in [7, 11) is 1.99. The molecule has 0 heterocycles. The van der Waals surface area contributed by atoms with Gasteiger partial charge in [-0.05, 0) is 102 Å². The van der Waals surface area contributed by atoms with Crippen molar-refractivity contribution in [2.75, 3.05) is 45.1 Å². The minimum atomic E-state index is 0. The number of anilines is 1. The molecule has 0 aromatic heterocycles. The minimum absolute atomic E-state index is 0. The first kappa shape index (κ1) is 45.9. The van der Waals surface area contributed by atoms with Crippen molar-refractivity contribution >= 4 is 5.69 Å². The van der Waals surface area contributed by atoms with E-state index in [1.54, 1.807) is 0 Å². The van der Waals surface area contributed by atoms with Crippen molar-refractivity contribution in [1.29, 1.82) is 0 Å². The molecule has 0 atom stereocenters. The van der Waals surface area contributed by atoms with E-state index in [4.69, 9.17) is 0 Å². The summed E-state index contributed by atoms with van der Waals surface area (Å²) in [4.78, 5) is 2.71. The Morgan fingerprint density at radius 3 is 1.43 bits per heavy atom. The minimum Gasteiger partial charge on any atom is -0.385 e. The van der Waals surface area contributed by atoms with Crippen LogP contribution in [0.3, 0.4) is 0 Å². The fourth-order valence-corrected chi connectivity index (χ4v) is 3.91. The van der Waals surface area contributed by atoms with Gasteiger partial charge < -0.3 is 15.5 Å². The van der Waals surface area contributed by atoms with E-state index in [1.165, 1.54) is 102 Å². The van der Waals surface area contributed by atoms with E-state index in [1.807, 2.05) is 7.05 Å². The van der Waals surface area contributed by atoms with Crippen molar-refractivity contribution in [1.82, 2.24) is 10.2 Å². The Bertz CT molecular complexity index is 553. The molecule has 40 heavy (non-hydrogen) atoms. The summed E-state index contributed by atoms with van der Waals surface area (Å²) in [6, 6.07) is 8.54. The maximum atomic E-state index is 3.40. The average Bonchev–Trinajstić information content (AvgIpc) is 2.87. The predicted molar refractivity (Wildman–Crippen MR) is 190 cm³/mol. The molecule has 3 nitrogen and oxygen atoms in total. The standard InChI is InChI=1S/C17H37N.C12H19N.C6H15N.2CH4/c1-5-7-9-11-14-18(16-13-17(3)4)15-12-10-8-6-2;1-10(2)8-9-13-12-6-4-11(3)5-7-12;1-6(2)4-5-7-3;;/h17H,5-16H2,1-4H3;4-7,10,13H,8-9H2,1-3H3;6-7H,4-5H2,1-3H3;2*1H4. The Morgan fingerprint density at radius 1 is 0.600 bits per heavy atom. The van der Waals surface area contributed by atoms with E-state index in [-0.39, 0.29) is 14.9 Å². The van der Waals surface area contributed by atoms with Gasteiger partial charge in [0, 0.05) is 12.2 Å². The Hall–Kier alpha value is -1.06. The molecule has 0 radical (unpaired) electrons. The number of nitrogens with one attached hydrogen (secondary N) is 2. The average molecular weight is 566 g/mol. The maximum Gasteiger partial charge on any atom is 0.0340 e. The van der Waals surface area contributed by atoms with Gasteiger partial charge in [0.15, 0.2) is 0 Å². The lowest BCUT2D eigenvalue weighted by Crippen LogP contribution is -2.28. The first-order valence-electron chi connectivity index (χ1n) is 16.3. The van der Waals surface area contributed by atoms with E-state index >= 15 is 0 Å². The summed E-state index contributed by atoms with van der Waals surface area (Å²) in [5.41, 5.74) is 2.54. The number of hydrogen-bond donors (Lipinski definition) is 2. The van der Waals surface area contributed by atoms with Gasteiger partial charge in [-0.15, -0.1) is 0 Å². The van der Waals surface area contributed by atoms with Crippen LogP contribution >= 0.6 is 0 Å². The van der Waals surface area contributed by atoms with Gasteiger partial charge in [0.25, 0.3) is 0 Å². The molecule has 0 spiro atoms. The van der Waals surface area contributed by atoms with Crippen LogP contribution in [-0.4, -0.2) is 44.7 Å². The zero-order chi connectivity index (χ0) is 29.0. The molecule has 0 aliphatic carbocycles. The topological polar surface area (TPSA) is 27.3 Å². The van der Waals surface area contributed by atoms with E-state index < -0.39 is 0 Å². The van der Waals surface area contributed by atoms with E-state index in [2.05, 4.69) is 102 Å². The van der Waals surface area contributed by atoms with E-state index in [9.17, 15) is 0 Å². The first-order valence-corrected chi connectivity index (χ1v) is 16.3. The molecule has 0 unspecified atom stereocenters. The van der Waals surface area contributed by atoms with Gasteiger partial charge in [-0.2, -0.15) is 0 Å². The lowest BCUT2D eigenvalue weighted by atomic mass is 10.1. The number of hydrogen-bond acceptors (Lipinski definition) is 3. The molecule has 1 aromatic carbocycles. The number of unbranched alkanes of at least 4 members (excludes halogenated alkanes) is 6. The van der Waals surface area contributed by atoms with Gasteiger partial charge in [-0.1, -0.05) is 126 Å². The Morgan fingerprint density at radius 2 is 1.05 bits per heavy atom. The van der Waals surface area contributed by atoms with Crippen molar-refractivity contribution < 1.29 is 0 Å². The lowest BCUT2D eigenvalue weighted by Gasteiger charge is -2.23. The molecule has 1 aromatic rings. The molecule has 242 valence electrons. The van der Waals surface area contributed by atoms with Crippen LogP contribution in [0.15, 0.2) is 24.3 Å². The molecule has 2 N–H and O–H groups in total. The highest BCUT2D eigenvalue weighted by molar-refractivity contribution is 5.44. The van der Waals surface area contributed by atoms with Gasteiger partial charge in [0.05, 0.1) is 0 Å². The highest BCUT2D eigenvalue weighted by Crippen LogP contribution is 2.10. The quantitative estimate of drug-likeness (QED) is 0.154. The third kappa shape index (κ3) is 36.9. The second-order valence-electron chi connectivity index (χ2n) is 12.4. The van der Waals surface area contributed by atoms with Gasteiger partial charge >= 0.3 is 0 Å². The summed E-state index contributed by atoms with van der Waals surface area (Å²) < 4.78 is 0. The van der Waals surface area contributed by atoms with Crippen molar-refractivity contribution in [2.24, 2.45) is 17.8 Å². The van der Waals surface area contributed by atoms with Gasteiger partial charge in [0.1, 0.15) is 0 Å². The SMILES string of the molecule is C.C.CCCCCCN(CCCCCC)CCC(C)C.CNCCC(C)C.Cc1ccc(NCCC(C)C)cc1. The van der Waals surface area contributed by atoms with Crippen LogP contribution < -0.4 is 10.6 Å². The molecule has 0 aliphatic heterocycles. The van der Waals surface area contributed by atoms with Crippen LogP contribution in [0, 0.1) is 24.7 Å². The normalized spacial score (nSPS) is 10.4. The fourth-order valence-electron chi connectivity index (χ4n) is 3.91. The van der Waals surface area contributed by atoms with Crippen LogP contribution in [0.25, 0.3) is 0 Å². The molecule has 0 saturated carbocycles. The number of benzene rings is 1. The van der Waals surface area contributed by atoms with Crippen molar-refractivity contribution in [3.05, 3.63) is 29.8 Å². The Labute approximate surface area is 256 Å².